The van der Waals surface area contributed by atoms with Crippen LogP contribution in [0.1, 0.15) is 219 Å². The number of rotatable bonds is 59. The molecule has 2 aromatic carbocycles. The molecule has 0 spiro atoms. The van der Waals surface area contributed by atoms with Crippen LogP contribution in [0.15, 0.2) is 73.1 Å². The number of hydrogen-bond acceptors (Lipinski definition) is 17. The Balaban J connectivity index is 0.983. The highest BCUT2D eigenvalue weighted by molar-refractivity contribution is 7.47. The van der Waals surface area contributed by atoms with Crippen LogP contribution in [0.5, 0.6) is 5.88 Å². The van der Waals surface area contributed by atoms with E-state index in [0.717, 1.165) is 71.9 Å². The Morgan fingerprint density at radius 1 is 0.467 bits per heavy atom. The Labute approximate surface area is 549 Å². The molecule has 2 unspecified atom stereocenters. The zero-order valence-electron chi connectivity index (χ0n) is 55.8. The van der Waals surface area contributed by atoms with Crippen molar-refractivity contribution < 1.29 is 70.8 Å². The van der Waals surface area contributed by atoms with E-state index in [2.05, 4.69) is 34.4 Å². The van der Waals surface area contributed by atoms with Crippen LogP contribution < -0.4 is 15.4 Å². The van der Waals surface area contributed by atoms with Crippen LogP contribution in [0, 0.1) is 0 Å². The molecular weight excluding hydrogens is 1190 g/mol. The maximum atomic E-state index is 12.9. The summed E-state index contributed by atoms with van der Waals surface area (Å²) in [6.07, 6.45) is 38.2. The lowest BCUT2D eigenvalue weighted by Crippen LogP contribution is -2.32. The number of ether oxygens (including phenoxy) is 7. The van der Waals surface area contributed by atoms with Crippen LogP contribution in [0.25, 0.3) is 33.4 Å². The van der Waals surface area contributed by atoms with Gasteiger partial charge in [0.2, 0.25) is 11.8 Å². The molecule has 2 heterocycles. The monoisotopic (exact) mass is 1310 g/mol. The number of phosphoric ester groups is 1. The van der Waals surface area contributed by atoms with Crippen molar-refractivity contribution in [2.45, 2.75) is 225 Å². The first-order valence-corrected chi connectivity index (χ1v) is 36.3. The van der Waals surface area contributed by atoms with E-state index < -0.39 is 45.2 Å². The van der Waals surface area contributed by atoms with Gasteiger partial charge in [0, 0.05) is 49.3 Å². The van der Waals surface area contributed by atoms with E-state index in [1.54, 1.807) is 12.4 Å². The van der Waals surface area contributed by atoms with E-state index in [1.807, 2.05) is 60.7 Å². The van der Waals surface area contributed by atoms with Crippen LogP contribution in [0.3, 0.4) is 0 Å². The van der Waals surface area contributed by atoms with Gasteiger partial charge in [0.15, 0.2) is 6.10 Å². The van der Waals surface area contributed by atoms with Crippen molar-refractivity contribution in [2.75, 3.05) is 85.8 Å². The lowest BCUT2D eigenvalue weighted by molar-refractivity contribution is -0.161. The molecule has 2 aromatic heterocycles. The molecule has 0 aliphatic carbocycles. The van der Waals surface area contributed by atoms with E-state index in [-0.39, 0.29) is 64.9 Å². The van der Waals surface area contributed by atoms with Gasteiger partial charge in [-0.05, 0) is 36.6 Å². The third-order valence-corrected chi connectivity index (χ3v) is 16.5. The molecule has 0 aliphatic heterocycles. The molecule has 20 nitrogen and oxygen atoms in total. The van der Waals surface area contributed by atoms with Gasteiger partial charge in [0.25, 0.3) is 0 Å². The van der Waals surface area contributed by atoms with Gasteiger partial charge in [0.05, 0.1) is 69.2 Å². The molecule has 2 atom stereocenters. The van der Waals surface area contributed by atoms with E-state index in [0.29, 0.717) is 45.1 Å². The van der Waals surface area contributed by atoms with Gasteiger partial charge in [0.1, 0.15) is 26.4 Å². The molecule has 2 amide bonds. The van der Waals surface area contributed by atoms with Crippen LogP contribution >= 0.6 is 7.82 Å². The Morgan fingerprint density at radius 3 is 1.54 bits per heavy atom. The standard InChI is InChI=1S/C71H112N5O15P/c1-3-5-7-9-11-13-15-17-19-21-23-25-27-29-31-37-69(78)88-57-63(91-70(79)38-32-30-28-26-24-22-20-18-16-14-12-10-8-6-4-2)58-90-92(81,82)89-48-46-73-71(80)87-54-52-85-59-67(77)72-45-47-83-49-50-84-51-53-86-68-44-43-62(55-75-68)60-39-41-61(42-40-60)66-56-74-64-35-33-34-36-65(64)76-66/h33-36,39-44,55-56,63H,3-32,37-38,45-54,57-59H2,1-2H3,(H,72,77)(H,73,80)(H,81,82). The van der Waals surface area contributed by atoms with Crippen molar-refractivity contribution in [2.24, 2.45) is 0 Å². The molecule has 0 fully saturated rings. The Bertz CT molecular complexity index is 2580. The summed E-state index contributed by atoms with van der Waals surface area (Å²) in [4.78, 5) is 74.1. The van der Waals surface area contributed by atoms with Crippen LogP contribution in [0.4, 0.5) is 4.79 Å². The van der Waals surface area contributed by atoms with Crippen LogP contribution in [-0.4, -0.2) is 136 Å². The molecule has 0 saturated carbocycles. The zero-order valence-corrected chi connectivity index (χ0v) is 56.7. The second-order valence-corrected chi connectivity index (χ2v) is 25.0. The predicted molar refractivity (Wildman–Crippen MR) is 360 cm³/mol. The van der Waals surface area contributed by atoms with Crippen molar-refractivity contribution in [1.82, 2.24) is 25.6 Å². The number of phosphoric acid groups is 1. The predicted octanol–water partition coefficient (Wildman–Crippen LogP) is 15.7. The van der Waals surface area contributed by atoms with Crippen molar-refractivity contribution in [3.63, 3.8) is 0 Å². The molecule has 516 valence electrons. The highest BCUT2D eigenvalue weighted by Crippen LogP contribution is 2.43. The minimum atomic E-state index is -4.69. The fraction of sp³-hybridized carbons (Fsp3) is 0.676. The fourth-order valence-corrected chi connectivity index (χ4v) is 11.0. The van der Waals surface area contributed by atoms with Gasteiger partial charge in [-0.2, -0.15) is 0 Å². The molecule has 0 radical (unpaired) electrons. The highest BCUT2D eigenvalue weighted by Gasteiger charge is 2.26. The number of para-hydroxylation sites is 2. The number of amides is 2. The van der Waals surface area contributed by atoms with Gasteiger partial charge >= 0.3 is 25.9 Å². The Hall–Kier alpha value is -5.60. The van der Waals surface area contributed by atoms with Gasteiger partial charge in [-0.25, -0.2) is 19.3 Å². The Morgan fingerprint density at radius 2 is 0.967 bits per heavy atom. The number of unbranched alkanes of at least 4 members (excludes halogenated alkanes) is 28. The third kappa shape index (κ3) is 40.5. The van der Waals surface area contributed by atoms with Gasteiger partial charge in [-0.3, -0.25) is 28.4 Å². The van der Waals surface area contributed by atoms with E-state index in [1.165, 1.54) is 141 Å². The number of pyridine rings is 1. The third-order valence-electron chi connectivity index (χ3n) is 15.6. The number of aromatic nitrogens is 3. The second kappa shape index (κ2) is 52.7. The fourth-order valence-electron chi connectivity index (χ4n) is 10.2. The molecule has 3 N–H and O–H groups in total. The number of benzene rings is 2. The summed E-state index contributed by atoms with van der Waals surface area (Å²) in [7, 11) is -4.69. The first-order valence-electron chi connectivity index (χ1n) is 34.8. The number of nitrogens with one attached hydrogen (secondary N) is 2. The summed E-state index contributed by atoms with van der Waals surface area (Å²) < 4.78 is 61.2. The number of carbonyl (C=O) groups excluding carboxylic acids is 4. The minimum Gasteiger partial charge on any atom is -0.475 e. The van der Waals surface area contributed by atoms with Crippen LogP contribution in [-0.2, 0) is 56.4 Å². The van der Waals surface area contributed by atoms with E-state index in [4.69, 9.17) is 47.2 Å². The SMILES string of the molecule is CCCCCCCCCCCCCCCCCC(=O)OCC(COP(=O)(O)OCCNC(=O)OCCOCC(=O)NCCOCCOCCOc1ccc(-c2ccc(-c3cnc4ccccc4n3)cc2)cn1)OC(=O)CCCCCCCCCCCCCCCCC. The zero-order chi connectivity index (χ0) is 65.6. The first kappa shape index (κ1) is 78.8. The van der Waals surface area contributed by atoms with Gasteiger partial charge < -0.3 is 48.7 Å². The molecule has 0 aliphatic rings. The molecule has 21 heteroatoms. The second-order valence-electron chi connectivity index (χ2n) is 23.5. The molecule has 4 rings (SSSR count). The molecule has 0 bridgehead atoms. The van der Waals surface area contributed by atoms with Crippen LogP contribution in [0.2, 0.25) is 0 Å². The highest BCUT2D eigenvalue weighted by atomic mass is 31.2. The smallest absolute Gasteiger partial charge is 0.472 e. The summed E-state index contributed by atoms with van der Waals surface area (Å²) in [6, 6.07) is 19.7. The number of alkyl carbamates (subject to hydrolysis) is 1. The van der Waals surface area contributed by atoms with E-state index >= 15 is 0 Å². The normalized spacial score (nSPS) is 12.3. The van der Waals surface area contributed by atoms with E-state index in [9.17, 15) is 28.6 Å². The lowest BCUT2D eigenvalue weighted by atomic mass is 10.0. The quantitative estimate of drug-likeness (QED) is 0.0161. The average molecular weight is 1310 g/mol. The van der Waals surface area contributed by atoms with Gasteiger partial charge in [-0.15, -0.1) is 0 Å². The Kier molecular flexibility index (Phi) is 45.2. The minimum absolute atomic E-state index is 0.0607. The number of esters is 2. The average Bonchev–Trinajstić information content (AvgIpc) is 0.968. The maximum absolute atomic E-state index is 12.9. The van der Waals surface area contributed by atoms with Crippen molar-refractivity contribution in [1.29, 1.82) is 0 Å². The largest absolute Gasteiger partial charge is 0.475 e. The van der Waals surface area contributed by atoms with Gasteiger partial charge in [-0.1, -0.05) is 230 Å². The molecule has 92 heavy (non-hydrogen) atoms. The molecule has 4 aromatic rings. The number of fused-ring (bicyclic) bond motifs is 1. The molecular formula is C71H112N5O15P. The summed E-state index contributed by atoms with van der Waals surface area (Å²) >= 11 is 0. The number of hydrogen-bond donors (Lipinski definition) is 3. The molecule has 0 saturated heterocycles. The summed E-state index contributed by atoms with van der Waals surface area (Å²) in [5, 5.41) is 5.07. The maximum Gasteiger partial charge on any atom is 0.472 e. The number of carbonyl (C=O) groups is 4. The topological polar surface area (TPSA) is 251 Å². The number of nitrogens with zero attached hydrogens (tertiary/aromatic N) is 3. The summed E-state index contributed by atoms with van der Waals surface area (Å²) in [5.41, 5.74) is 5.47. The summed E-state index contributed by atoms with van der Waals surface area (Å²) in [6.45, 7) is 4.33. The summed E-state index contributed by atoms with van der Waals surface area (Å²) in [5.74, 6) is -0.844. The van der Waals surface area contributed by atoms with Crippen molar-refractivity contribution in [3.05, 3.63) is 73.1 Å². The van der Waals surface area contributed by atoms with Crippen molar-refractivity contribution in [3.8, 4) is 28.3 Å². The van der Waals surface area contributed by atoms with Crippen molar-refractivity contribution >= 4 is 42.8 Å². The lowest BCUT2D eigenvalue weighted by Gasteiger charge is -2.20. The first-order chi connectivity index (χ1) is 45.0.